The number of amides is 5. The molecule has 0 fully saturated rings. The smallest absolute Gasteiger partial charge is 0.305 e. The number of nitrogens with two attached hydrogens (primary N) is 2. The molecule has 20 nitrogen and oxygen atoms in total. The van der Waals surface area contributed by atoms with E-state index in [1.807, 2.05) is 66.7 Å². The van der Waals surface area contributed by atoms with Gasteiger partial charge in [0.25, 0.3) is 0 Å². The molecule has 13 N–H and O–H groups in total. The Labute approximate surface area is 404 Å². The number of carboxylic acid groups (broad SMARTS) is 3. The second kappa shape index (κ2) is 25.3. The molecule has 370 valence electrons. The number of rotatable bonds is 26. The molecule has 1 heterocycles. The Balaban J connectivity index is 1.25. The van der Waals surface area contributed by atoms with Gasteiger partial charge < -0.3 is 53.5 Å². The Morgan fingerprint density at radius 2 is 1.04 bits per heavy atom. The number of carbonyl (C=O) groups excluding carboxylic acids is 5. The summed E-state index contributed by atoms with van der Waals surface area (Å²) in [7, 11) is 0. The monoisotopic (exact) mass is 961 g/mol. The quantitative estimate of drug-likeness (QED) is 0.0429. The average molecular weight is 962 g/mol. The summed E-state index contributed by atoms with van der Waals surface area (Å²) in [4.78, 5) is 100. The molecule has 0 radical (unpaired) electrons. The first-order chi connectivity index (χ1) is 33.4. The van der Waals surface area contributed by atoms with Crippen molar-refractivity contribution in [1.82, 2.24) is 37.2 Å². The van der Waals surface area contributed by atoms with E-state index in [-0.39, 0.29) is 18.3 Å². The van der Waals surface area contributed by atoms with Gasteiger partial charge in [0.15, 0.2) is 0 Å². The number of primary amides is 1. The predicted octanol–water partition coefficient (Wildman–Crippen LogP) is 1.93. The van der Waals surface area contributed by atoms with Gasteiger partial charge in [0, 0.05) is 36.6 Å². The molecule has 0 aromatic heterocycles. The fraction of sp³-hybridized carbons (Fsp3) is 0.320. The lowest BCUT2D eigenvalue weighted by Crippen LogP contribution is -2.60. The van der Waals surface area contributed by atoms with Crippen LogP contribution in [-0.4, -0.2) is 98.0 Å². The molecule has 5 amide bonds. The van der Waals surface area contributed by atoms with Crippen LogP contribution in [0.3, 0.4) is 0 Å². The van der Waals surface area contributed by atoms with Gasteiger partial charge in [0.05, 0.1) is 25.4 Å². The van der Waals surface area contributed by atoms with E-state index < -0.39 is 109 Å². The van der Waals surface area contributed by atoms with E-state index in [9.17, 15) is 48.6 Å². The van der Waals surface area contributed by atoms with E-state index in [4.69, 9.17) is 16.6 Å². The first-order valence-electron chi connectivity index (χ1n) is 22.5. The van der Waals surface area contributed by atoms with Crippen LogP contribution in [0.25, 0.3) is 0 Å². The Morgan fingerprint density at radius 3 is 1.51 bits per heavy atom. The van der Waals surface area contributed by atoms with Crippen molar-refractivity contribution in [3.05, 3.63) is 155 Å². The van der Waals surface area contributed by atoms with Crippen molar-refractivity contribution in [2.24, 2.45) is 17.4 Å². The van der Waals surface area contributed by atoms with Gasteiger partial charge in [-0.15, -0.1) is 5.53 Å². The third-order valence-corrected chi connectivity index (χ3v) is 11.5. The minimum atomic E-state index is -1.78. The molecule has 1 aliphatic rings. The van der Waals surface area contributed by atoms with Crippen LogP contribution in [0.4, 0.5) is 0 Å². The number of nitrogens with one attached hydrogen (secondary N) is 6. The zero-order valence-corrected chi connectivity index (χ0v) is 38.6. The van der Waals surface area contributed by atoms with E-state index >= 15 is 0 Å². The van der Waals surface area contributed by atoms with E-state index in [1.54, 1.807) is 11.2 Å². The van der Waals surface area contributed by atoms with E-state index in [0.29, 0.717) is 12.2 Å². The Kier molecular flexibility index (Phi) is 19.1. The van der Waals surface area contributed by atoms with Gasteiger partial charge in [-0.3, -0.25) is 43.4 Å². The second-order valence-corrected chi connectivity index (χ2v) is 17.2. The maximum Gasteiger partial charge on any atom is 0.305 e. The minimum absolute atomic E-state index is 0.0171. The normalized spacial score (nSPS) is 14.7. The summed E-state index contributed by atoms with van der Waals surface area (Å²) in [6.07, 6.45) is -1.29. The van der Waals surface area contributed by atoms with Crippen LogP contribution in [-0.2, 0) is 44.9 Å². The highest BCUT2D eigenvalue weighted by molar-refractivity contribution is 5.97. The molecular formula is C50H59N9O11. The van der Waals surface area contributed by atoms with E-state index in [1.165, 1.54) is 25.0 Å². The van der Waals surface area contributed by atoms with Crippen LogP contribution < -0.4 is 43.7 Å². The SMILES string of the molecule is CC(C)[C@H](NC(=O)[C@H](CCC(=O)O)NC(=O)C(N)CC(=O)O)C(=O)NC(CC(=O)O)C(=O)NC(CC1=CN(Cc2ccc(C(c3ccccc3)C(c3ccccc3)c3ccccc3)cc2)NN1)C(N)=O. The summed E-state index contributed by atoms with van der Waals surface area (Å²) in [6.45, 7) is 3.40. The van der Waals surface area contributed by atoms with Gasteiger partial charge in [-0.2, -0.15) is 0 Å². The summed E-state index contributed by atoms with van der Waals surface area (Å²) in [6, 6.07) is 31.7. The summed E-state index contributed by atoms with van der Waals surface area (Å²) < 4.78 is 0. The maximum atomic E-state index is 13.6. The van der Waals surface area contributed by atoms with E-state index in [0.717, 1.165) is 16.7 Å². The van der Waals surface area contributed by atoms with Gasteiger partial charge in [-0.25, -0.2) is 0 Å². The molecule has 1 aliphatic heterocycles. The molecule has 0 aliphatic carbocycles. The molecule has 0 spiro atoms. The highest BCUT2D eigenvalue weighted by atomic mass is 16.4. The van der Waals surface area contributed by atoms with Crippen molar-refractivity contribution in [3.63, 3.8) is 0 Å². The van der Waals surface area contributed by atoms with Crippen LogP contribution in [0, 0.1) is 5.92 Å². The zero-order chi connectivity index (χ0) is 50.9. The summed E-state index contributed by atoms with van der Waals surface area (Å²) >= 11 is 0. The Hall–Kier alpha value is -8.10. The van der Waals surface area contributed by atoms with Crippen molar-refractivity contribution < 1.29 is 53.7 Å². The third kappa shape index (κ3) is 15.5. The average Bonchev–Trinajstić information content (AvgIpc) is 3.77. The number of carboxylic acids is 3. The number of benzene rings is 4. The fourth-order valence-corrected chi connectivity index (χ4v) is 7.99. The lowest BCUT2D eigenvalue weighted by molar-refractivity contribution is -0.142. The largest absolute Gasteiger partial charge is 0.481 e. The van der Waals surface area contributed by atoms with Crippen LogP contribution in [0.5, 0.6) is 0 Å². The number of hydrazine groups is 2. The first kappa shape index (κ1) is 52.9. The van der Waals surface area contributed by atoms with Crippen LogP contribution in [0.15, 0.2) is 127 Å². The van der Waals surface area contributed by atoms with Gasteiger partial charge in [0.2, 0.25) is 29.5 Å². The Morgan fingerprint density at radius 1 is 0.571 bits per heavy atom. The van der Waals surface area contributed by atoms with Crippen LogP contribution in [0.1, 0.15) is 85.6 Å². The molecule has 0 bridgehead atoms. The lowest BCUT2D eigenvalue weighted by Gasteiger charge is -2.29. The molecule has 4 aromatic carbocycles. The zero-order valence-electron chi connectivity index (χ0n) is 38.6. The van der Waals surface area contributed by atoms with Gasteiger partial charge in [0.1, 0.15) is 24.2 Å². The lowest BCUT2D eigenvalue weighted by atomic mass is 9.73. The third-order valence-electron chi connectivity index (χ3n) is 11.5. The van der Waals surface area contributed by atoms with Crippen molar-refractivity contribution in [2.45, 2.75) is 94.5 Å². The molecule has 0 saturated carbocycles. The van der Waals surface area contributed by atoms with Crippen LogP contribution >= 0.6 is 0 Å². The first-order valence-corrected chi connectivity index (χ1v) is 22.5. The highest BCUT2D eigenvalue weighted by Crippen LogP contribution is 2.43. The van der Waals surface area contributed by atoms with Gasteiger partial charge in [-0.1, -0.05) is 129 Å². The summed E-state index contributed by atoms with van der Waals surface area (Å²) in [5.41, 5.74) is 23.3. The molecule has 0 saturated heterocycles. The summed E-state index contributed by atoms with van der Waals surface area (Å²) in [5.74, 6) is -10.1. The minimum Gasteiger partial charge on any atom is -0.481 e. The standard InChI is InChI=1S/C50H59N9O11/c1-29(2)45(56-48(68)37(22-23-40(60)61)53-47(67)36(51)25-41(62)63)50(70)55-39(26-42(64)65)49(69)54-38(46(52)66)24-35-28-59(58-57-35)27-30-18-20-34(21-19-30)44(33-16-10-5-11-17-33)43(31-12-6-3-7-13-31)32-14-8-4-9-15-32/h3-21,28-29,36-39,43-45,57-58H,22-27,51H2,1-2H3,(H2,52,66)(H,53,67)(H,54,69)(H,55,70)(H,56,68)(H,60,61)(H,62,63)(H,64,65)/t36?,37-,38?,39?,44?,45-/m0/s1. The molecule has 6 atom stereocenters. The van der Waals surface area contributed by atoms with Crippen molar-refractivity contribution in [3.8, 4) is 0 Å². The molecule has 4 aromatic rings. The summed E-state index contributed by atoms with van der Waals surface area (Å²) in [5, 5.41) is 38.9. The van der Waals surface area contributed by atoms with Gasteiger partial charge in [-0.05, 0) is 40.2 Å². The predicted molar refractivity (Wildman–Crippen MR) is 255 cm³/mol. The van der Waals surface area contributed by atoms with Crippen molar-refractivity contribution in [2.75, 3.05) is 0 Å². The molecule has 20 heteroatoms. The molecule has 4 unspecified atom stereocenters. The van der Waals surface area contributed by atoms with Crippen molar-refractivity contribution >= 4 is 47.4 Å². The topological polar surface area (TPSA) is 325 Å². The Bertz CT molecular complexity index is 2450. The number of hydrogen-bond donors (Lipinski definition) is 11. The highest BCUT2D eigenvalue weighted by Gasteiger charge is 2.35. The van der Waals surface area contributed by atoms with Crippen LogP contribution in [0.2, 0.25) is 0 Å². The number of nitrogens with zero attached hydrogens (tertiary/aromatic N) is 1. The van der Waals surface area contributed by atoms with E-state index in [2.05, 4.69) is 80.8 Å². The molecule has 70 heavy (non-hydrogen) atoms. The molecule has 5 rings (SSSR count). The number of hydrogen-bond acceptors (Lipinski definition) is 12. The number of aliphatic carboxylic acids is 3. The second-order valence-electron chi connectivity index (χ2n) is 17.2. The fourth-order valence-electron chi connectivity index (χ4n) is 7.99. The maximum absolute atomic E-state index is 13.6. The van der Waals surface area contributed by atoms with Gasteiger partial charge >= 0.3 is 17.9 Å². The molecular weight excluding hydrogens is 903 g/mol. The number of carbonyl (C=O) groups is 8. The van der Waals surface area contributed by atoms with Crippen molar-refractivity contribution in [1.29, 1.82) is 0 Å².